The summed E-state index contributed by atoms with van der Waals surface area (Å²) in [6.07, 6.45) is 3.19. The summed E-state index contributed by atoms with van der Waals surface area (Å²) in [7, 11) is 0. The molecule has 0 saturated carbocycles. The Bertz CT molecular complexity index is 946. The topological polar surface area (TPSA) is 38.1 Å². The molecule has 4 nitrogen and oxygen atoms in total. The molecule has 0 radical (unpaired) electrons. The molecule has 154 valence electrons. The lowest BCUT2D eigenvalue weighted by Gasteiger charge is -2.24. The fourth-order valence-corrected chi connectivity index (χ4v) is 3.69. The monoisotopic (exact) mass is 455 g/mol. The fraction of sp³-hybridized carbons (Fsp3) is 0.417. The Morgan fingerprint density at radius 2 is 1.86 bits per heavy atom. The van der Waals surface area contributed by atoms with Crippen LogP contribution in [0.2, 0.25) is 0 Å². The number of benzene rings is 2. The van der Waals surface area contributed by atoms with Crippen LogP contribution < -0.4 is 0 Å². The summed E-state index contributed by atoms with van der Waals surface area (Å²) >= 11 is 3.45. The number of halogens is 1. The molecule has 0 fully saturated rings. The van der Waals surface area contributed by atoms with Crippen LogP contribution in [0.1, 0.15) is 56.2 Å². The van der Waals surface area contributed by atoms with Gasteiger partial charge in [-0.05, 0) is 55.2 Å². The van der Waals surface area contributed by atoms with Gasteiger partial charge in [0.2, 0.25) is 0 Å². The van der Waals surface area contributed by atoms with Crippen LogP contribution in [0.15, 0.2) is 53.0 Å². The molecule has 3 rings (SSSR count). The summed E-state index contributed by atoms with van der Waals surface area (Å²) in [6, 6.07) is 15.9. The Labute approximate surface area is 182 Å². The van der Waals surface area contributed by atoms with Crippen molar-refractivity contribution < 1.29 is 4.79 Å². The van der Waals surface area contributed by atoms with Crippen molar-refractivity contribution in [2.24, 2.45) is 5.92 Å². The van der Waals surface area contributed by atoms with Crippen molar-refractivity contribution in [2.75, 3.05) is 6.54 Å². The van der Waals surface area contributed by atoms with Crippen LogP contribution >= 0.6 is 15.9 Å². The second-order valence-corrected chi connectivity index (χ2v) is 8.85. The molecule has 2 aromatic carbocycles. The van der Waals surface area contributed by atoms with Gasteiger partial charge in [-0.3, -0.25) is 4.79 Å². The average molecular weight is 456 g/mol. The molecule has 0 bridgehead atoms. The zero-order valence-electron chi connectivity index (χ0n) is 17.6. The van der Waals surface area contributed by atoms with Gasteiger partial charge in [0.1, 0.15) is 5.82 Å². The number of hydrogen-bond acceptors (Lipinski definition) is 2. The zero-order chi connectivity index (χ0) is 20.8. The number of rotatable bonds is 9. The van der Waals surface area contributed by atoms with Crippen molar-refractivity contribution in [1.82, 2.24) is 14.5 Å². The van der Waals surface area contributed by atoms with Gasteiger partial charge in [-0.15, -0.1) is 0 Å². The van der Waals surface area contributed by atoms with Gasteiger partial charge in [0.05, 0.1) is 17.6 Å². The second kappa shape index (κ2) is 10.1. The molecule has 0 aliphatic rings. The number of imidazole rings is 1. The van der Waals surface area contributed by atoms with E-state index in [1.165, 1.54) is 0 Å². The van der Waals surface area contributed by atoms with Crippen LogP contribution in [0, 0.1) is 5.92 Å². The molecular formula is C24H30BrN3O. The summed E-state index contributed by atoms with van der Waals surface area (Å²) in [5.74, 6) is 1.57. The van der Waals surface area contributed by atoms with Crippen molar-refractivity contribution in [3.63, 3.8) is 0 Å². The molecule has 0 aliphatic carbocycles. The maximum absolute atomic E-state index is 13.3. The average Bonchev–Trinajstić information content (AvgIpc) is 3.06. The van der Waals surface area contributed by atoms with E-state index in [1.807, 2.05) is 35.2 Å². The molecule has 0 spiro atoms. The van der Waals surface area contributed by atoms with Gasteiger partial charge in [-0.1, -0.05) is 55.3 Å². The molecule has 1 aromatic heterocycles. The van der Waals surface area contributed by atoms with E-state index < -0.39 is 0 Å². The lowest BCUT2D eigenvalue weighted by atomic mass is 10.1. The highest BCUT2D eigenvalue weighted by atomic mass is 79.9. The lowest BCUT2D eigenvalue weighted by Crippen LogP contribution is -2.33. The van der Waals surface area contributed by atoms with E-state index in [9.17, 15) is 4.79 Å². The largest absolute Gasteiger partial charge is 0.331 e. The number of carbonyl (C=O) groups is 1. The third kappa shape index (κ3) is 5.47. The van der Waals surface area contributed by atoms with E-state index in [2.05, 4.69) is 59.5 Å². The van der Waals surface area contributed by atoms with Crippen molar-refractivity contribution in [3.05, 3.63) is 64.4 Å². The second-order valence-electron chi connectivity index (χ2n) is 7.94. The normalized spacial score (nSPS) is 11.3. The summed E-state index contributed by atoms with van der Waals surface area (Å²) in [6.45, 7) is 8.77. The Balaban J connectivity index is 1.92. The molecule has 0 atom stereocenters. The van der Waals surface area contributed by atoms with Gasteiger partial charge in [0, 0.05) is 23.1 Å². The minimum Gasteiger partial charge on any atom is -0.331 e. The number of carbonyl (C=O) groups excluding carboxylic acids is 1. The predicted molar refractivity (Wildman–Crippen MR) is 123 cm³/mol. The molecule has 0 unspecified atom stereocenters. The zero-order valence-corrected chi connectivity index (χ0v) is 19.2. The molecule has 29 heavy (non-hydrogen) atoms. The molecule has 0 saturated heterocycles. The Hall–Kier alpha value is -2.14. The van der Waals surface area contributed by atoms with Gasteiger partial charge in [0.25, 0.3) is 5.91 Å². The third-order valence-corrected chi connectivity index (χ3v) is 5.68. The van der Waals surface area contributed by atoms with Crippen molar-refractivity contribution in [3.8, 4) is 0 Å². The molecule has 1 heterocycles. The molecule has 0 aliphatic heterocycles. The van der Waals surface area contributed by atoms with Crippen LogP contribution in [0.25, 0.3) is 11.0 Å². The molecule has 1 amide bonds. The predicted octanol–water partition coefficient (Wildman–Crippen LogP) is 6.29. The quantitative estimate of drug-likeness (QED) is 0.380. The SMILES string of the molecule is CCCCn1c(CN(CCC(C)C)C(=O)c2ccc(Br)cc2)nc2ccccc21. The van der Waals surface area contributed by atoms with Crippen LogP contribution in [-0.4, -0.2) is 26.9 Å². The molecular weight excluding hydrogens is 426 g/mol. The standard InChI is InChI=1S/C24H30BrN3O/c1-4-5-15-28-22-9-7-6-8-21(22)26-23(28)17-27(16-14-18(2)3)24(29)19-10-12-20(25)13-11-19/h6-13,18H,4-5,14-17H2,1-3H3. The Morgan fingerprint density at radius 1 is 1.14 bits per heavy atom. The van der Waals surface area contributed by atoms with Crippen LogP contribution in [0.3, 0.4) is 0 Å². The van der Waals surface area contributed by atoms with Crippen molar-refractivity contribution >= 4 is 32.9 Å². The van der Waals surface area contributed by atoms with Crippen LogP contribution in [0.4, 0.5) is 0 Å². The minimum absolute atomic E-state index is 0.0623. The highest BCUT2D eigenvalue weighted by Gasteiger charge is 2.20. The van der Waals surface area contributed by atoms with Crippen molar-refractivity contribution in [2.45, 2.75) is 53.1 Å². The van der Waals surface area contributed by atoms with E-state index in [0.717, 1.165) is 53.7 Å². The Morgan fingerprint density at radius 3 is 2.55 bits per heavy atom. The number of fused-ring (bicyclic) bond motifs is 1. The fourth-order valence-electron chi connectivity index (χ4n) is 3.42. The minimum atomic E-state index is 0.0623. The van der Waals surface area contributed by atoms with E-state index in [0.29, 0.717) is 18.0 Å². The number of unbranched alkanes of at least 4 members (excludes halogenated alkanes) is 1. The van der Waals surface area contributed by atoms with E-state index in [4.69, 9.17) is 4.98 Å². The number of aromatic nitrogens is 2. The van der Waals surface area contributed by atoms with E-state index >= 15 is 0 Å². The lowest BCUT2D eigenvalue weighted by molar-refractivity contribution is 0.0729. The van der Waals surface area contributed by atoms with Gasteiger partial charge in [0.15, 0.2) is 0 Å². The van der Waals surface area contributed by atoms with E-state index in [-0.39, 0.29) is 5.91 Å². The summed E-state index contributed by atoms with van der Waals surface area (Å²) in [5.41, 5.74) is 2.86. The van der Waals surface area contributed by atoms with Crippen LogP contribution in [-0.2, 0) is 13.1 Å². The summed E-state index contributed by atoms with van der Waals surface area (Å²) in [5, 5.41) is 0. The molecule has 3 aromatic rings. The van der Waals surface area contributed by atoms with Gasteiger partial charge >= 0.3 is 0 Å². The maximum Gasteiger partial charge on any atom is 0.254 e. The smallest absolute Gasteiger partial charge is 0.254 e. The first-order valence-corrected chi connectivity index (χ1v) is 11.3. The number of nitrogens with zero attached hydrogens (tertiary/aromatic N) is 3. The van der Waals surface area contributed by atoms with Gasteiger partial charge < -0.3 is 9.47 Å². The first kappa shape index (κ1) is 21.6. The van der Waals surface area contributed by atoms with Gasteiger partial charge in [-0.25, -0.2) is 4.98 Å². The van der Waals surface area contributed by atoms with Gasteiger partial charge in [-0.2, -0.15) is 0 Å². The molecule has 5 heteroatoms. The van der Waals surface area contributed by atoms with Crippen molar-refractivity contribution in [1.29, 1.82) is 0 Å². The van der Waals surface area contributed by atoms with Crippen LogP contribution in [0.5, 0.6) is 0 Å². The first-order chi connectivity index (χ1) is 14.0. The number of para-hydroxylation sites is 2. The molecule has 0 N–H and O–H groups in total. The third-order valence-electron chi connectivity index (χ3n) is 5.16. The first-order valence-electron chi connectivity index (χ1n) is 10.5. The van der Waals surface area contributed by atoms with E-state index in [1.54, 1.807) is 0 Å². The number of aryl methyl sites for hydroxylation is 1. The highest BCUT2D eigenvalue weighted by molar-refractivity contribution is 9.10. The summed E-state index contributed by atoms with van der Waals surface area (Å²) < 4.78 is 3.26. The summed E-state index contributed by atoms with van der Waals surface area (Å²) in [4.78, 5) is 20.1. The highest BCUT2D eigenvalue weighted by Crippen LogP contribution is 2.20. The number of amides is 1. The maximum atomic E-state index is 13.3. The Kier molecular flexibility index (Phi) is 7.48. The number of hydrogen-bond donors (Lipinski definition) is 0.